The van der Waals surface area contributed by atoms with Crippen LogP contribution in [0.4, 0.5) is 8.78 Å². The molecule has 1 fully saturated rings. The number of rotatable bonds is 3. The van der Waals surface area contributed by atoms with Crippen molar-refractivity contribution >= 4 is 0 Å². The lowest BCUT2D eigenvalue weighted by molar-refractivity contribution is 0.00238. The second kappa shape index (κ2) is 3.71. The lowest BCUT2D eigenvalue weighted by Crippen LogP contribution is -2.13. The van der Waals surface area contributed by atoms with E-state index in [-0.39, 0.29) is 18.8 Å². The Labute approximate surface area is 73.3 Å². The van der Waals surface area contributed by atoms with Crippen molar-refractivity contribution < 1.29 is 8.78 Å². The standard InChI is InChI=1S/C10H18F2/c1-3-4-8(2)9-5-6-10(11,12)7-9/h8-9H,3-7H2,1-2H3. The SMILES string of the molecule is CCCC(C)C1CCC(F)(F)C1. The molecule has 72 valence electrons. The number of hydrogen-bond acceptors (Lipinski definition) is 0. The lowest BCUT2D eigenvalue weighted by Gasteiger charge is -2.17. The van der Waals surface area contributed by atoms with Gasteiger partial charge in [-0.15, -0.1) is 0 Å². The van der Waals surface area contributed by atoms with E-state index in [1.807, 2.05) is 0 Å². The van der Waals surface area contributed by atoms with Gasteiger partial charge in [-0.1, -0.05) is 26.7 Å². The van der Waals surface area contributed by atoms with Gasteiger partial charge >= 0.3 is 0 Å². The van der Waals surface area contributed by atoms with Crippen molar-refractivity contribution in [3.63, 3.8) is 0 Å². The monoisotopic (exact) mass is 176 g/mol. The van der Waals surface area contributed by atoms with Gasteiger partial charge in [0.15, 0.2) is 0 Å². The van der Waals surface area contributed by atoms with E-state index in [1.54, 1.807) is 0 Å². The van der Waals surface area contributed by atoms with Crippen LogP contribution in [0.1, 0.15) is 46.0 Å². The Morgan fingerprint density at radius 3 is 2.58 bits per heavy atom. The highest BCUT2D eigenvalue weighted by Gasteiger charge is 2.40. The first kappa shape index (κ1) is 9.94. The van der Waals surface area contributed by atoms with Crippen LogP contribution in [0.2, 0.25) is 0 Å². The lowest BCUT2D eigenvalue weighted by atomic mass is 9.89. The summed E-state index contributed by atoms with van der Waals surface area (Å²) in [6.07, 6.45) is 3.19. The van der Waals surface area contributed by atoms with Crippen molar-refractivity contribution in [1.29, 1.82) is 0 Å². The van der Waals surface area contributed by atoms with E-state index in [2.05, 4.69) is 13.8 Å². The van der Waals surface area contributed by atoms with Crippen LogP contribution >= 0.6 is 0 Å². The Kier molecular flexibility index (Phi) is 3.08. The summed E-state index contributed by atoms with van der Waals surface area (Å²) in [7, 11) is 0. The average molecular weight is 176 g/mol. The third kappa shape index (κ3) is 2.43. The highest BCUT2D eigenvalue weighted by Crippen LogP contribution is 2.43. The quantitative estimate of drug-likeness (QED) is 0.612. The van der Waals surface area contributed by atoms with Crippen molar-refractivity contribution in [2.45, 2.75) is 51.9 Å². The van der Waals surface area contributed by atoms with Crippen LogP contribution in [0.3, 0.4) is 0 Å². The summed E-state index contributed by atoms with van der Waals surface area (Å²) in [5.74, 6) is -1.59. The normalized spacial score (nSPS) is 30.5. The molecule has 1 saturated carbocycles. The van der Waals surface area contributed by atoms with Gasteiger partial charge in [0.1, 0.15) is 0 Å². The molecular weight excluding hydrogens is 158 g/mol. The van der Waals surface area contributed by atoms with E-state index in [9.17, 15) is 8.78 Å². The molecule has 0 amide bonds. The van der Waals surface area contributed by atoms with Crippen LogP contribution in [0.25, 0.3) is 0 Å². The summed E-state index contributed by atoms with van der Waals surface area (Å²) in [6.45, 7) is 4.22. The van der Waals surface area contributed by atoms with Gasteiger partial charge in [0.05, 0.1) is 0 Å². The maximum atomic E-state index is 12.8. The molecule has 0 aromatic heterocycles. The Bertz CT molecular complexity index is 143. The molecule has 2 unspecified atom stereocenters. The molecule has 0 nitrogen and oxygen atoms in total. The Morgan fingerprint density at radius 1 is 1.50 bits per heavy atom. The van der Waals surface area contributed by atoms with Gasteiger partial charge in [-0.3, -0.25) is 0 Å². The predicted molar refractivity (Wildman–Crippen MR) is 46.4 cm³/mol. The molecule has 0 radical (unpaired) electrons. The van der Waals surface area contributed by atoms with Crippen LogP contribution in [0, 0.1) is 11.8 Å². The molecule has 1 aliphatic rings. The maximum Gasteiger partial charge on any atom is 0.248 e. The zero-order valence-electron chi connectivity index (χ0n) is 7.95. The van der Waals surface area contributed by atoms with Crippen LogP contribution in [0.15, 0.2) is 0 Å². The minimum atomic E-state index is -2.35. The minimum Gasteiger partial charge on any atom is -0.207 e. The largest absolute Gasteiger partial charge is 0.248 e. The fourth-order valence-electron chi connectivity index (χ4n) is 2.16. The zero-order valence-corrected chi connectivity index (χ0v) is 7.95. The highest BCUT2D eigenvalue weighted by molar-refractivity contribution is 4.83. The molecule has 2 atom stereocenters. The van der Waals surface area contributed by atoms with Gasteiger partial charge in [0.25, 0.3) is 0 Å². The first-order valence-electron chi connectivity index (χ1n) is 4.93. The molecule has 2 heteroatoms. The fraction of sp³-hybridized carbons (Fsp3) is 1.00. The summed E-state index contributed by atoms with van der Waals surface area (Å²) in [4.78, 5) is 0. The van der Waals surface area contributed by atoms with Gasteiger partial charge < -0.3 is 0 Å². The van der Waals surface area contributed by atoms with Gasteiger partial charge in [-0.2, -0.15) is 0 Å². The number of halogens is 2. The topological polar surface area (TPSA) is 0 Å². The van der Waals surface area contributed by atoms with E-state index >= 15 is 0 Å². The van der Waals surface area contributed by atoms with Gasteiger partial charge in [0.2, 0.25) is 5.92 Å². The second-order valence-corrected chi connectivity index (χ2v) is 4.12. The molecule has 12 heavy (non-hydrogen) atoms. The first-order valence-corrected chi connectivity index (χ1v) is 4.93. The van der Waals surface area contributed by atoms with Crippen molar-refractivity contribution in [3.05, 3.63) is 0 Å². The van der Waals surface area contributed by atoms with Crippen LogP contribution in [-0.2, 0) is 0 Å². The van der Waals surface area contributed by atoms with Gasteiger partial charge in [-0.05, 0) is 18.3 Å². The van der Waals surface area contributed by atoms with Gasteiger partial charge in [-0.25, -0.2) is 8.78 Å². The summed E-state index contributed by atoms with van der Waals surface area (Å²) in [6, 6.07) is 0. The van der Waals surface area contributed by atoms with E-state index in [1.165, 1.54) is 0 Å². The van der Waals surface area contributed by atoms with Crippen LogP contribution in [0.5, 0.6) is 0 Å². The third-order valence-corrected chi connectivity index (χ3v) is 2.99. The minimum absolute atomic E-state index is 0.117. The Morgan fingerprint density at radius 2 is 2.17 bits per heavy atom. The van der Waals surface area contributed by atoms with E-state index in [0.717, 1.165) is 19.3 Å². The predicted octanol–water partition coefficient (Wildman–Crippen LogP) is 3.86. The number of hydrogen-bond donors (Lipinski definition) is 0. The summed E-state index contributed by atoms with van der Waals surface area (Å²) in [5, 5.41) is 0. The highest BCUT2D eigenvalue weighted by atomic mass is 19.3. The molecule has 0 aromatic carbocycles. The molecule has 0 saturated heterocycles. The molecule has 0 spiro atoms. The van der Waals surface area contributed by atoms with Crippen molar-refractivity contribution in [2.24, 2.45) is 11.8 Å². The third-order valence-electron chi connectivity index (χ3n) is 2.99. The molecule has 1 aliphatic carbocycles. The van der Waals surface area contributed by atoms with Gasteiger partial charge in [0, 0.05) is 12.8 Å². The summed E-state index contributed by atoms with van der Waals surface area (Å²) < 4.78 is 25.6. The number of alkyl halides is 2. The summed E-state index contributed by atoms with van der Waals surface area (Å²) in [5.41, 5.74) is 0. The molecule has 0 aliphatic heterocycles. The van der Waals surface area contributed by atoms with Crippen molar-refractivity contribution in [3.8, 4) is 0 Å². The molecule has 0 aromatic rings. The fourth-order valence-corrected chi connectivity index (χ4v) is 2.16. The Hall–Kier alpha value is -0.140. The molecule has 0 heterocycles. The zero-order chi connectivity index (χ0) is 9.19. The molecule has 0 bridgehead atoms. The maximum absolute atomic E-state index is 12.8. The van der Waals surface area contributed by atoms with E-state index in [0.29, 0.717) is 5.92 Å². The van der Waals surface area contributed by atoms with E-state index in [4.69, 9.17) is 0 Å². The Balaban J connectivity index is 2.36. The average Bonchev–Trinajstić information content (AvgIpc) is 2.31. The first-order chi connectivity index (χ1) is 5.55. The summed E-state index contributed by atoms with van der Waals surface area (Å²) >= 11 is 0. The molecule has 0 N–H and O–H groups in total. The van der Waals surface area contributed by atoms with E-state index < -0.39 is 5.92 Å². The van der Waals surface area contributed by atoms with Crippen molar-refractivity contribution in [2.75, 3.05) is 0 Å². The molecular formula is C10H18F2. The van der Waals surface area contributed by atoms with Crippen LogP contribution < -0.4 is 0 Å². The van der Waals surface area contributed by atoms with Crippen molar-refractivity contribution in [1.82, 2.24) is 0 Å². The second-order valence-electron chi connectivity index (χ2n) is 4.12. The molecule has 1 rings (SSSR count). The van der Waals surface area contributed by atoms with Crippen LogP contribution in [-0.4, -0.2) is 5.92 Å². The smallest absolute Gasteiger partial charge is 0.207 e.